The summed E-state index contributed by atoms with van der Waals surface area (Å²) < 4.78 is 13.0. The van der Waals surface area contributed by atoms with Crippen molar-refractivity contribution in [1.29, 1.82) is 5.26 Å². The number of nitrogens with two attached hydrogens (primary N) is 1. The second kappa shape index (κ2) is 3.94. The standard InChI is InChI=1S/C9H7FN2O3/c10-6-2-4(3-11)1-5(8(6)13)7(12)9(14)15/h1-2,7,13H,12H2,(H,14,15)/t7-/m0/s1. The fourth-order valence-corrected chi connectivity index (χ4v) is 1.05. The summed E-state index contributed by atoms with van der Waals surface area (Å²) in [6.45, 7) is 0. The van der Waals surface area contributed by atoms with Crippen molar-refractivity contribution < 1.29 is 19.4 Å². The summed E-state index contributed by atoms with van der Waals surface area (Å²) in [7, 11) is 0. The second-order valence-electron chi connectivity index (χ2n) is 2.82. The molecule has 0 aliphatic carbocycles. The molecular weight excluding hydrogens is 203 g/mol. The van der Waals surface area contributed by atoms with E-state index in [1.807, 2.05) is 0 Å². The van der Waals surface area contributed by atoms with Crippen LogP contribution >= 0.6 is 0 Å². The topological polar surface area (TPSA) is 107 Å². The van der Waals surface area contributed by atoms with Crippen LogP contribution in [0.4, 0.5) is 4.39 Å². The minimum atomic E-state index is -1.56. The lowest BCUT2D eigenvalue weighted by molar-refractivity contribution is -0.138. The van der Waals surface area contributed by atoms with Gasteiger partial charge in [0.25, 0.3) is 0 Å². The van der Waals surface area contributed by atoms with Crippen LogP contribution in [0.2, 0.25) is 0 Å². The van der Waals surface area contributed by atoms with Crippen molar-refractivity contribution in [2.45, 2.75) is 6.04 Å². The Morgan fingerprint density at radius 3 is 2.67 bits per heavy atom. The molecule has 1 aromatic carbocycles. The highest BCUT2D eigenvalue weighted by molar-refractivity contribution is 5.76. The molecule has 0 radical (unpaired) electrons. The molecule has 1 rings (SSSR count). The van der Waals surface area contributed by atoms with Crippen LogP contribution in [0.3, 0.4) is 0 Å². The van der Waals surface area contributed by atoms with Gasteiger partial charge in [0.1, 0.15) is 6.04 Å². The first-order valence-corrected chi connectivity index (χ1v) is 3.88. The van der Waals surface area contributed by atoms with E-state index < -0.39 is 23.6 Å². The van der Waals surface area contributed by atoms with Crippen LogP contribution < -0.4 is 5.73 Å². The quantitative estimate of drug-likeness (QED) is 0.658. The largest absolute Gasteiger partial charge is 0.505 e. The first kappa shape index (κ1) is 10.9. The zero-order valence-corrected chi connectivity index (χ0v) is 7.44. The number of carboxylic acid groups (broad SMARTS) is 1. The lowest BCUT2D eigenvalue weighted by atomic mass is 10.0. The molecule has 1 atom stereocenters. The minimum Gasteiger partial charge on any atom is -0.505 e. The first-order chi connectivity index (χ1) is 6.97. The summed E-state index contributed by atoms with van der Waals surface area (Å²) in [6.07, 6.45) is 0. The maximum Gasteiger partial charge on any atom is 0.325 e. The van der Waals surface area contributed by atoms with E-state index in [4.69, 9.17) is 16.1 Å². The normalized spacial score (nSPS) is 11.8. The average Bonchev–Trinajstić information content (AvgIpc) is 2.20. The zero-order valence-electron chi connectivity index (χ0n) is 7.44. The molecule has 15 heavy (non-hydrogen) atoms. The molecule has 5 nitrogen and oxygen atoms in total. The Labute approximate surface area is 84.2 Å². The number of aromatic hydroxyl groups is 1. The molecule has 4 N–H and O–H groups in total. The van der Waals surface area contributed by atoms with Crippen molar-refractivity contribution in [3.8, 4) is 11.8 Å². The molecular formula is C9H7FN2O3. The van der Waals surface area contributed by atoms with Gasteiger partial charge < -0.3 is 15.9 Å². The number of nitrogens with zero attached hydrogens (tertiary/aromatic N) is 1. The van der Waals surface area contributed by atoms with Gasteiger partial charge in [0.05, 0.1) is 11.6 Å². The number of benzene rings is 1. The Morgan fingerprint density at radius 1 is 1.60 bits per heavy atom. The molecule has 0 aromatic heterocycles. The lowest BCUT2D eigenvalue weighted by Gasteiger charge is -2.09. The Kier molecular flexibility index (Phi) is 2.87. The molecule has 1 aromatic rings. The Hall–Kier alpha value is -2.13. The van der Waals surface area contributed by atoms with Crippen LogP contribution in [0, 0.1) is 17.1 Å². The Morgan fingerprint density at radius 2 is 2.20 bits per heavy atom. The zero-order chi connectivity index (χ0) is 11.6. The fourth-order valence-electron chi connectivity index (χ4n) is 1.05. The van der Waals surface area contributed by atoms with Crippen LogP contribution in [0.25, 0.3) is 0 Å². The van der Waals surface area contributed by atoms with E-state index in [0.717, 1.165) is 12.1 Å². The van der Waals surface area contributed by atoms with Crippen LogP contribution in [0.5, 0.6) is 5.75 Å². The van der Waals surface area contributed by atoms with Crippen LogP contribution in [-0.2, 0) is 4.79 Å². The molecule has 0 fully saturated rings. The maximum absolute atomic E-state index is 13.0. The summed E-state index contributed by atoms with van der Waals surface area (Å²) >= 11 is 0. The number of rotatable bonds is 2. The van der Waals surface area contributed by atoms with E-state index in [1.165, 1.54) is 0 Å². The highest BCUT2D eigenvalue weighted by Gasteiger charge is 2.21. The third-order valence-corrected chi connectivity index (χ3v) is 1.82. The van der Waals surface area contributed by atoms with Crippen molar-refractivity contribution in [3.05, 3.63) is 29.1 Å². The molecule has 6 heteroatoms. The predicted molar refractivity (Wildman–Crippen MR) is 47.3 cm³/mol. The molecule has 0 heterocycles. The summed E-state index contributed by atoms with van der Waals surface area (Å²) in [6, 6.07) is 1.91. The van der Waals surface area contributed by atoms with Crippen LogP contribution in [-0.4, -0.2) is 16.2 Å². The molecule has 0 saturated carbocycles. The van der Waals surface area contributed by atoms with Gasteiger partial charge >= 0.3 is 5.97 Å². The smallest absolute Gasteiger partial charge is 0.325 e. The number of hydrogen-bond acceptors (Lipinski definition) is 4. The van der Waals surface area contributed by atoms with Gasteiger partial charge in [-0.3, -0.25) is 4.79 Å². The van der Waals surface area contributed by atoms with Crippen LogP contribution in [0.15, 0.2) is 12.1 Å². The Balaban J connectivity index is 3.35. The molecule has 0 bridgehead atoms. The second-order valence-corrected chi connectivity index (χ2v) is 2.82. The van der Waals surface area contributed by atoms with Crippen molar-refractivity contribution in [1.82, 2.24) is 0 Å². The molecule has 0 saturated heterocycles. The van der Waals surface area contributed by atoms with Crippen LogP contribution in [0.1, 0.15) is 17.2 Å². The van der Waals surface area contributed by atoms with Gasteiger partial charge in [0.15, 0.2) is 11.6 Å². The van der Waals surface area contributed by atoms with E-state index in [0.29, 0.717) is 0 Å². The van der Waals surface area contributed by atoms with Crippen molar-refractivity contribution in [3.63, 3.8) is 0 Å². The molecule has 0 spiro atoms. The van der Waals surface area contributed by atoms with Gasteiger partial charge in [-0.2, -0.15) is 5.26 Å². The third-order valence-electron chi connectivity index (χ3n) is 1.82. The van der Waals surface area contributed by atoms with Gasteiger partial charge in [0, 0.05) is 5.56 Å². The van der Waals surface area contributed by atoms with E-state index >= 15 is 0 Å². The van der Waals surface area contributed by atoms with E-state index in [1.54, 1.807) is 6.07 Å². The summed E-state index contributed by atoms with van der Waals surface area (Å²) in [5, 5.41) is 26.3. The summed E-state index contributed by atoms with van der Waals surface area (Å²) in [4.78, 5) is 10.5. The maximum atomic E-state index is 13.0. The van der Waals surface area contributed by atoms with E-state index in [-0.39, 0.29) is 11.1 Å². The number of halogens is 1. The van der Waals surface area contributed by atoms with Gasteiger partial charge in [-0.05, 0) is 12.1 Å². The highest BCUT2D eigenvalue weighted by atomic mass is 19.1. The average molecular weight is 210 g/mol. The number of hydrogen-bond donors (Lipinski definition) is 3. The van der Waals surface area contributed by atoms with Crippen molar-refractivity contribution >= 4 is 5.97 Å². The van der Waals surface area contributed by atoms with Gasteiger partial charge in [0.2, 0.25) is 0 Å². The predicted octanol–water partition coefficient (Wildman–Crippen LogP) is 0.487. The monoisotopic (exact) mass is 210 g/mol. The third kappa shape index (κ3) is 2.03. The number of aliphatic carboxylic acids is 1. The number of carbonyl (C=O) groups is 1. The molecule has 0 unspecified atom stereocenters. The van der Waals surface area contributed by atoms with Gasteiger partial charge in [-0.1, -0.05) is 0 Å². The molecule has 0 amide bonds. The Bertz CT molecular complexity index is 453. The number of phenolic OH excluding ortho intramolecular Hbond substituents is 1. The first-order valence-electron chi connectivity index (χ1n) is 3.88. The van der Waals surface area contributed by atoms with Gasteiger partial charge in [-0.25, -0.2) is 4.39 Å². The number of nitriles is 1. The summed E-state index contributed by atoms with van der Waals surface area (Å²) in [5.41, 5.74) is 4.78. The minimum absolute atomic E-state index is 0.1000. The van der Waals surface area contributed by atoms with Gasteiger partial charge in [-0.15, -0.1) is 0 Å². The van der Waals surface area contributed by atoms with Crippen molar-refractivity contribution in [2.24, 2.45) is 5.73 Å². The fraction of sp³-hybridized carbons (Fsp3) is 0.111. The number of carboxylic acids is 1. The lowest BCUT2D eigenvalue weighted by Crippen LogP contribution is -2.21. The van der Waals surface area contributed by atoms with E-state index in [9.17, 15) is 14.3 Å². The van der Waals surface area contributed by atoms with Crippen molar-refractivity contribution in [2.75, 3.05) is 0 Å². The summed E-state index contributed by atoms with van der Waals surface area (Å²) in [5.74, 6) is -3.33. The highest BCUT2D eigenvalue weighted by Crippen LogP contribution is 2.27. The number of phenols is 1. The SMILES string of the molecule is N#Cc1cc(F)c(O)c([C@H](N)C(=O)O)c1. The molecule has 0 aliphatic rings. The molecule has 78 valence electrons. The van der Waals surface area contributed by atoms with E-state index in [2.05, 4.69) is 0 Å². The molecule has 0 aliphatic heterocycles.